The summed E-state index contributed by atoms with van der Waals surface area (Å²) in [5.41, 5.74) is 10.1. The lowest BCUT2D eigenvalue weighted by Gasteiger charge is -2.11. The fourth-order valence-corrected chi connectivity index (χ4v) is 3.78. The molecule has 0 aliphatic heterocycles. The molecule has 1 aromatic carbocycles. The second kappa shape index (κ2) is 4.69. The number of pyridine rings is 1. The van der Waals surface area contributed by atoms with E-state index in [4.69, 9.17) is 5.73 Å². The highest BCUT2D eigenvalue weighted by molar-refractivity contribution is 7.17. The van der Waals surface area contributed by atoms with Crippen LogP contribution in [0.5, 0.6) is 0 Å². The van der Waals surface area contributed by atoms with Crippen molar-refractivity contribution in [3.05, 3.63) is 65.2 Å². The fraction of sp³-hybridized carbons (Fsp3) is 0.235. The van der Waals surface area contributed by atoms with E-state index in [1.165, 1.54) is 22.2 Å². The molecule has 1 aliphatic rings. The lowest BCUT2D eigenvalue weighted by Crippen LogP contribution is -2.13. The van der Waals surface area contributed by atoms with Crippen LogP contribution in [-0.2, 0) is 0 Å². The second-order valence-electron chi connectivity index (χ2n) is 5.52. The van der Waals surface area contributed by atoms with Crippen molar-refractivity contribution in [3.63, 3.8) is 0 Å². The third kappa shape index (κ3) is 2.03. The van der Waals surface area contributed by atoms with Crippen LogP contribution >= 0.6 is 11.3 Å². The standard InChI is InChI=1S/C17H16N2S/c18-17(12-8-16-15(19-10-12)6-7-20-16)14-9-13(14)11-4-2-1-3-5-11/h1-8,10,13-14,17H,9,18H2. The molecule has 1 fully saturated rings. The van der Waals surface area contributed by atoms with Crippen LogP contribution < -0.4 is 5.73 Å². The van der Waals surface area contributed by atoms with E-state index in [0.29, 0.717) is 11.8 Å². The number of rotatable bonds is 3. The summed E-state index contributed by atoms with van der Waals surface area (Å²) in [4.78, 5) is 4.50. The van der Waals surface area contributed by atoms with Gasteiger partial charge in [0.25, 0.3) is 0 Å². The molecule has 0 radical (unpaired) electrons. The molecule has 2 nitrogen and oxygen atoms in total. The van der Waals surface area contributed by atoms with Crippen LogP contribution in [-0.4, -0.2) is 4.98 Å². The van der Waals surface area contributed by atoms with Gasteiger partial charge >= 0.3 is 0 Å². The molecule has 0 saturated heterocycles. The van der Waals surface area contributed by atoms with Gasteiger partial charge in [0.15, 0.2) is 0 Å². The summed E-state index contributed by atoms with van der Waals surface area (Å²) < 4.78 is 1.23. The van der Waals surface area contributed by atoms with Crippen LogP contribution in [0.4, 0.5) is 0 Å². The van der Waals surface area contributed by atoms with E-state index in [1.807, 2.05) is 6.20 Å². The van der Waals surface area contributed by atoms with Gasteiger partial charge in [-0.15, -0.1) is 11.3 Å². The maximum atomic E-state index is 6.45. The molecular weight excluding hydrogens is 264 g/mol. The molecule has 0 spiro atoms. The summed E-state index contributed by atoms with van der Waals surface area (Å²) >= 11 is 1.73. The Morgan fingerprint density at radius 3 is 2.90 bits per heavy atom. The summed E-state index contributed by atoms with van der Waals surface area (Å²) in [6.45, 7) is 0. The predicted molar refractivity (Wildman–Crippen MR) is 83.8 cm³/mol. The number of aromatic nitrogens is 1. The molecule has 0 amide bonds. The summed E-state index contributed by atoms with van der Waals surface area (Å²) in [5.74, 6) is 1.17. The zero-order valence-corrected chi connectivity index (χ0v) is 11.9. The van der Waals surface area contributed by atoms with Gasteiger partial charge in [-0.3, -0.25) is 4.98 Å². The van der Waals surface area contributed by atoms with Gasteiger partial charge in [-0.05, 0) is 46.9 Å². The smallest absolute Gasteiger partial charge is 0.0809 e. The van der Waals surface area contributed by atoms with Gasteiger partial charge in [0, 0.05) is 12.2 Å². The highest BCUT2D eigenvalue weighted by Crippen LogP contribution is 2.53. The quantitative estimate of drug-likeness (QED) is 0.784. The van der Waals surface area contributed by atoms with E-state index in [9.17, 15) is 0 Å². The normalized spacial score (nSPS) is 22.9. The van der Waals surface area contributed by atoms with Crippen LogP contribution in [0.3, 0.4) is 0 Å². The number of hydrogen-bond acceptors (Lipinski definition) is 3. The van der Waals surface area contributed by atoms with Gasteiger partial charge in [0.05, 0.1) is 10.2 Å². The topological polar surface area (TPSA) is 38.9 Å². The van der Waals surface area contributed by atoms with E-state index in [-0.39, 0.29) is 6.04 Å². The SMILES string of the molecule is NC(c1cnc2ccsc2c1)C1CC1c1ccccc1. The highest BCUT2D eigenvalue weighted by atomic mass is 32.1. The minimum atomic E-state index is 0.0965. The van der Waals surface area contributed by atoms with Gasteiger partial charge < -0.3 is 5.73 Å². The van der Waals surface area contributed by atoms with Gasteiger partial charge in [-0.25, -0.2) is 0 Å². The van der Waals surface area contributed by atoms with Crippen molar-refractivity contribution in [2.75, 3.05) is 0 Å². The Labute approximate surface area is 122 Å². The molecule has 2 aromatic heterocycles. The summed E-state index contributed by atoms with van der Waals surface area (Å²) in [5, 5.41) is 2.08. The molecule has 1 saturated carbocycles. The summed E-state index contributed by atoms with van der Waals surface area (Å²) in [7, 11) is 0. The lowest BCUT2D eigenvalue weighted by molar-refractivity contribution is 0.614. The van der Waals surface area contributed by atoms with Crippen molar-refractivity contribution in [2.24, 2.45) is 11.7 Å². The van der Waals surface area contributed by atoms with Crippen molar-refractivity contribution in [3.8, 4) is 0 Å². The zero-order chi connectivity index (χ0) is 13.5. The predicted octanol–water partition coefficient (Wildman–Crippen LogP) is 4.10. The minimum absolute atomic E-state index is 0.0965. The van der Waals surface area contributed by atoms with Gasteiger partial charge in [0.2, 0.25) is 0 Å². The number of benzene rings is 1. The third-order valence-electron chi connectivity index (χ3n) is 4.24. The van der Waals surface area contributed by atoms with Crippen LogP contribution in [0.1, 0.15) is 29.5 Å². The van der Waals surface area contributed by atoms with Crippen molar-refractivity contribution in [2.45, 2.75) is 18.4 Å². The third-order valence-corrected chi connectivity index (χ3v) is 5.09. The number of nitrogens with zero attached hydrogens (tertiary/aromatic N) is 1. The van der Waals surface area contributed by atoms with Crippen molar-refractivity contribution < 1.29 is 0 Å². The maximum absolute atomic E-state index is 6.45. The molecule has 20 heavy (non-hydrogen) atoms. The van der Waals surface area contributed by atoms with Crippen molar-refractivity contribution in [1.82, 2.24) is 4.98 Å². The van der Waals surface area contributed by atoms with Crippen molar-refractivity contribution in [1.29, 1.82) is 0 Å². The molecular formula is C17H16N2S. The van der Waals surface area contributed by atoms with E-state index in [2.05, 4.69) is 52.8 Å². The number of hydrogen-bond donors (Lipinski definition) is 1. The zero-order valence-electron chi connectivity index (χ0n) is 11.1. The van der Waals surface area contributed by atoms with Crippen LogP contribution in [0.15, 0.2) is 54.0 Å². The molecule has 100 valence electrons. The monoisotopic (exact) mass is 280 g/mol. The van der Waals surface area contributed by atoms with E-state index < -0.39 is 0 Å². The molecule has 2 N–H and O–H groups in total. The van der Waals surface area contributed by atoms with Gasteiger partial charge in [-0.2, -0.15) is 0 Å². The average molecular weight is 280 g/mol. The molecule has 0 bridgehead atoms. The Kier molecular flexibility index (Phi) is 2.83. The minimum Gasteiger partial charge on any atom is -0.324 e. The number of thiophene rings is 1. The summed E-state index contributed by atoms with van der Waals surface area (Å²) in [6.07, 6.45) is 3.13. The van der Waals surface area contributed by atoms with Gasteiger partial charge in [0.1, 0.15) is 0 Å². The van der Waals surface area contributed by atoms with Crippen LogP contribution in [0.25, 0.3) is 10.2 Å². The Hall–Kier alpha value is -1.71. The Balaban J connectivity index is 1.57. The van der Waals surface area contributed by atoms with Crippen LogP contribution in [0, 0.1) is 5.92 Å². The molecule has 3 atom stereocenters. The first-order valence-electron chi connectivity index (χ1n) is 6.96. The molecule has 1 aliphatic carbocycles. The molecule has 3 unspecified atom stereocenters. The van der Waals surface area contributed by atoms with E-state index in [1.54, 1.807) is 11.3 Å². The van der Waals surface area contributed by atoms with E-state index >= 15 is 0 Å². The largest absolute Gasteiger partial charge is 0.324 e. The van der Waals surface area contributed by atoms with E-state index in [0.717, 1.165) is 5.52 Å². The molecule has 3 heteroatoms. The Morgan fingerprint density at radius 2 is 2.05 bits per heavy atom. The first kappa shape index (κ1) is 12.1. The molecule has 3 aromatic rings. The number of nitrogens with two attached hydrogens (primary N) is 1. The number of fused-ring (bicyclic) bond motifs is 1. The van der Waals surface area contributed by atoms with Crippen molar-refractivity contribution >= 4 is 21.6 Å². The summed E-state index contributed by atoms with van der Waals surface area (Å²) in [6, 6.07) is 15.0. The van der Waals surface area contributed by atoms with Gasteiger partial charge in [-0.1, -0.05) is 30.3 Å². The highest BCUT2D eigenvalue weighted by Gasteiger charge is 2.42. The fourth-order valence-electron chi connectivity index (χ4n) is 2.99. The average Bonchev–Trinajstić information content (AvgIpc) is 3.17. The maximum Gasteiger partial charge on any atom is 0.0809 e. The first-order chi connectivity index (χ1) is 9.83. The van der Waals surface area contributed by atoms with Crippen LogP contribution in [0.2, 0.25) is 0 Å². The Bertz CT molecular complexity index is 735. The Morgan fingerprint density at radius 1 is 1.20 bits per heavy atom. The second-order valence-corrected chi connectivity index (χ2v) is 6.46. The molecule has 2 heterocycles. The molecule has 4 rings (SSSR count). The lowest BCUT2D eigenvalue weighted by atomic mass is 10.0. The first-order valence-corrected chi connectivity index (χ1v) is 7.84.